The number of aromatic nitrogens is 2. The third-order valence-electron chi connectivity index (χ3n) is 1.20. The van der Waals surface area contributed by atoms with Gasteiger partial charge in [0.2, 0.25) is 0 Å². The molecule has 0 fully saturated rings. The van der Waals surface area contributed by atoms with Crippen molar-refractivity contribution in [2.45, 2.75) is 26.0 Å². The van der Waals surface area contributed by atoms with Gasteiger partial charge in [-0.05, 0) is 13.8 Å². The number of hydrogen-bond acceptors (Lipinski definition) is 3. The van der Waals surface area contributed by atoms with Gasteiger partial charge in [-0.3, -0.25) is 4.68 Å². The number of nitrogens with two attached hydrogens (primary N) is 1. The van der Waals surface area contributed by atoms with Gasteiger partial charge in [0.1, 0.15) is 0 Å². The van der Waals surface area contributed by atoms with Crippen LogP contribution in [0.5, 0.6) is 0 Å². The maximum absolute atomic E-state index is 9.38. The first kappa shape index (κ1) is 8.07. The molecule has 0 bridgehead atoms. The van der Waals surface area contributed by atoms with E-state index < -0.39 is 5.60 Å². The lowest BCUT2D eigenvalue weighted by Crippen LogP contribution is -2.26. The van der Waals surface area contributed by atoms with Crippen molar-refractivity contribution in [1.82, 2.24) is 9.78 Å². The Morgan fingerprint density at radius 1 is 1.73 bits per heavy atom. The fraction of sp³-hybridized carbons (Fsp3) is 0.571. The van der Waals surface area contributed by atoms with Crippen molar-refractivity contribution < 1.29 is 5.11 Å². The third-order valence-corrected chi connectivity index (χ3v) is 1.20. The molecule has 3 N–H and O–H groups in total. The smallest absolute Gasteiger partial charge is 0.0786 e. The van der Waals surface area contributed by atoms with Crippen LogP contribution in [0.4, 0.5) is 5.69 Å². The number of anilines is 1. The van der Waals surface area contributed by atoms with Crippen molar-refractivity contribution in [3.8, 4) is 0 Å². The highest BCUT2D eigenvalue weighted by molar-refractivity contribution is 5.30. The maximum atomic E-state index is 9.38. The second-order valence-corrected chi connectivity index (χ2v) is 3.28. The summed E-state index contributed by atoms with van der Waals surface area (Å²) in [5.41, 5.74) is 5.31. The van der Waals surface area contributed by atoms with E-state index in [1.807, 2.05) is 0 Å². The zero-order chi connectivity index (χ0) is 8.48. The van der Waals surface area contributed by atoms with Crippen LogP contribution in [0.25, 0.3) is 0 Å². The Labute approximate surface area is 65.6 Å². The lowest BCUT2D eigenvalue weighted by molar-refractivity contribution is 0.0578. The zero-order valence-electron chi connectivity index (χ0n) is 6.78. The van der Waals surface area contributed by atoms with E-state index in [0.717, 1.165) is 0 Å². The molecule has 0 aliphatic rings. The van der Waals surface area contributed by atoms with Crippen molar-refractivity contribution in [1.29, 1.82) is 0 Å². The number of rotatable bonds is 2. The monoisotopic (exact) mass is 155 g/mol. The van der Waals surface area contributed by atoms with Crippen molar-refractivity contribution >= 4 is 5.69 Å². The SMILES string of the molecule is CC(C)(O)Cn1cc(N)cn1. The molecule has 1 aromatic heterocycles. The van der Waals surface area contributed by atoms with Gasteiger partial charge in [0.05, 0.1) is 24.0 Å². The standard InChI is InChI=1S/C7H13N3O/c1-7(2,11)5-10-4-6(8)3-9-10/h3-4,11H,5,8H2,1-2H3. The van der Waals surface area contributed by atoms with E-state index in [0.29, 0.717) is 12.2 Å². The van der Waals surface area contributed by atoms with Gasteiger partial charge < -0.3 is 10.8 Å². The van der Waals surface area contributed by atoms with E-state index in [-0.39, 0.29) is 0 Å². The van der Waals surface area contributed by atoms with E-state index in [4.69, 9.17) is 5.73 Å². The highest BCUT2D eigenvalue weighted by Crippen LogP contribution is 2.06. The van der Waals surface area contributed by atoms with Gasteiger partial charge >= 0.3 is 0 Å². The topological polar surface area (TPSA) is 64.1 Å². The van der Waals surface area contributed by atoms with Crippen LogP contribution in [-0.4, -0.2) is 20.5 Å². The van der Waals surface area contributed by atoms with Crippen molar-refractivity contribution in [3.05, 3.63) is 12.4 Å². The van der Waals surface area contributed by atoms with Gasteiger partial charge in [-0.1, -0.05) is 0 Å². The molecule has 1 rings (SSSR count). The van der Waals surface area contributed by atoms with Crippen LogP contribution in [0, 0.1) is 0 Å². The summed E-state index contributed by atoms with van der Waals surface area (Å²) in [5.74, 6) is 0. The molecule has 0 unspecified atom stereocenters. The minimum atomic E-state index is -0.738. The van der Waals surface area contributed by atoms with E-state index in [2.05, 4.69) is 5.10 Å². The molecule has 1 heterocycles. The van der Waals surface area contributed by atoms with E-state index in [9.17, 15) is 5.11 Å². The molecule has 0 spiro atoms. The minimum Gasteiger partial charge on any atom is -0.396 e. The van der Waals surface area contributed by atoms with Gasteiger partial charge in [0, 0.05) is 6.20 Å². The van der Waals surface area contributed by atoms with Gasteiger partial charge in [-0.25, -0.2) is 0 Å². The zero-order valence-corrected chi connectivity index (χ0v) is 6.78. The van der Waals surface area contributed by atoms with Crippen LogP contribution in [0.3, 0.4) is 0 Å². The first-order chi connectivity index (χ1) is 4.97. The quantitative estimate of drug-likeness (QED) is 0.642. The van der Waals surface area contributed by atoms with E-state index >= 15 is 0 Å². The van der Waals surface area contributed by atoms with Crippen LogP contribution in [0.15, 0.2) is 12.4 Å². The Morgan fingerprint density at radius 2 is 2.36 bits per heavy atom. The number of nitrogen functional groups attached to an aromatic ring is 1. The number of aliphatic hydroxyl groups is 1. The predicted molar refractivity (Wildman–Crippen MR) is 42.9 cm³/mol. The molecule has 0 saturated heterocycles. The number of hydrogen-bond donors (Lipinski definition) is 2. The van der Waals surface area contributed by atoms with Crippen LogP contribution in [-0.2, 0) is 6.54 Å². The average molecular weight is 155 g/mol. The Morgan fingerprint density at radius 3 is 2.73 bits per heavy atom. The molecule has 0 aliphatic heterocycles. The highest BCUT2D eigenvalue weighted by Gasteiger charge is 2.13. The molecule has 62 valence electrons. The molecular weight excluding hydrogens is 142 g/mol. The number of nitrogens with zero attached hydrogens (tertiary/aromatic N) is 2. The summed E-state index contributed by atoms with van der Waals surface area (Å²) in [6.07, 6.45) is 3.25. The highest BCUT2D eigenvalue weighted by atomic mass is 16.3. The molecule has 4 nitrogen and oxygen atoms in total. The first-order valence-corrected chi connectivity index (χ1v) is 3.48. The molecule has 1 aromatic rings. The second kappa shape index (κ2) is 2.54. The summed E-state index contributed by atoms with van der Waals surface area (Å²) in [6, 6.07) is 0. The molecule has 0 atom stereocenters. The Bertz CT molecular complexity index is 236. The fourth-order valence-corrected chi connectivity index (χ4v) is 0.862. The third kappa shape index (κ3) is 2.59. The molecule has 0 radical (unpaired) electrons. The van der Waals surface area contributed by atoms with Gasteiger partial charge in [-0.15, -0.1) is 0 Å². The fourth-order valence-electron chi connectivity index (χ4n) is 0.862. The summed E-state index contributed by atoms with van der Waals surface area (Å²) in [7, 11) is 0. The minimum absolute atomic E-state index is 0.462. The van der Waals surface area contributed by atoms with Crippen molar-refractivity contribution in [2.24, 2.45) is 0 Å². The van der Waals surface area contributed by atoms with Crippen LogP contribution in [0.2, 0.25) is 0 Å². The van der Waals surface area contributed by atoms with Gasteiger partial charge in [0.25, 0.3) is 0 Å². The lowest BCUT2D eigenvalue weighted by atomic mass is 10.1. The van der Waals surface area contributed by atoms with Crippen LogP contribution >= 0.6 is 0 Å². The molecule has 0 aliphatic carbocycles. The molecule has 0 saturated carbocycles. The van der Waals surface area contributed by atoms with E-state index in [1.165, 1.54) is 0 Å². The first-order valence-electron chi connectivity index (χ1n) is 3.48. The van der Waals surface area contributed by atoms with Gasteiger partial charge in [-0.2, -0.15) is 5.10 Å². The molecule has 0 aromatic carbocycles. The Hall–Kier alpha value is -1.03. The molecule has 0 amide bonds. The van der Waals surface area contributed by atoms with Crippen molar-refractivity contribution in [2.75, 3.05) is 5.73 Å². The second-order valence-electron chi connectivity index (χ2n) is 3.28. The Balaban J connectivity index is 2.65. The Kier molecular flexibility index (Phi) is 1.87. The van der Waals surface area contributed by atoms with Crippen molar-refractivity contribution in [3.63, 3.8) is 0 Å². The molecular formula is C7H13N3O. The summed E-state index contributed by atoms with van der Waals surface area (Å²) < 4.78 is 1.62. The molecule has 11 heavy (non-hydrogen) atoms. The maximum Gasteiger partial charge on any atom is 0.0786 e. The van der Waals surface area contributed by atoms with Crippen LogP contribution < -0.4 is 5.73 Å². The summed E-state index contributed by atoms with van der Waals surface area (Å²) in [5, 5.41) is 13.3. The van der Waals surface area contributed by atoms with Gasteiger partial charge in [0.15, 0.2) is 0 Å². The largest absolute Gasteiger partial charge is 0.396 e. The lowest BCUT2D eigenvalue weighted by Gasteiger charge is -2.16. The average Bonchev–Trinajstić information content (AvgIpc) is 2.10. The van der Waals surface area contributed by atoms with E-state index in [1.54, 1.807) is 30.9 Å². The normalized spacial score (nSPS) is 11.9. The van der Waals surface area contributed by atoms with Crippen LogP contribution in [0.1, 0.15) is 13.8 Å². The predicted octanol–water partition coefficient (Wildman–Crippen LogP) is 0.236. The summed E-state index contributed by atoms with van der Waals surface area (Å²) in [6.45, 7) is 3.92. The summed E-state index contributed by atoms with van der Waals surface area (Å²) in [4.78, 5) is 0. The molecule has 4 heteroatoms. The summed E-state index contributed by atoms with van der Waals surface area (Å²) >= 11 is 0.